The van der Waals surface area contributed by atoms with E-state index in [2.05, 4.69) is 10.6 Å². The molecule has 0 aromatic heterocycles. The van der Waals surface area contributed by atoms with Crippen LogP contribution in [0.3, 0.4) is 0 Å². The monoisotopic (exact) mass is 330 g/mol. The summed E-state index contributed by atoms with van der Waals surface area (Å²) >= 11 is 1.51. The highest BCUT2D eigenvalue weighted by atomic mass is 32.2. The minimum absolute atomic E-state index is 0.0444. The molecule has 0 atom stereocenters. The van der Waals surface area contributed by atoms with Crippen LogP contribution in [0.15, 0.2) is 41.3 Å². The minimum Gasteiger partial charge on any atom is -0.505 e. The SMILES string of the molecule is Cc1c(F)cccc1NC(=O)Nc1ccc2c(c1O)SCC=C2. The van der Waals surface area contributed by atoms with Crippen molar-refractivity contribution in [2.75, 3.05) is 16.4 Å². The van der Waals surface area contributed by atoms with E-state index >= 15 is 0 Å². The summed E-state index contributed by atoms with van der Waals surface area (Å²) in [6.45, 7) is 1.59. The third kappa shape index (κ3) is 3.17. The lowest BCUT2D eigenvalue weighted by Gasteiger charge is -2.16. The molecule has 2 aromatic rings. The lowest BCUT2D eigenvalue weighted by atomic mass is 10.1. The number of hydrogen-bond acceptors (Lipinski definition) is 3. The Bertz CT molecular complexity index is 805. The van der Waals surface area contributed by atoms with Crippen molar-refractivity contribution in [3.8, 4) is 5.75 Å². The largest absolute Gasteiger partial charge is 0.505 e. The van der Waals surface area contributed by atoms with Crippen LogP contribution in [0.1, 0.15) is 11.1 Å². The molecule has 1 aliphatic rings. The molecule has 3 N–H and O–H groups in total. The Morgan fingerprint density at radius 3 is 2.83 bits per heavy atom. The second-order valence-corrected chi connectivity index (χ2v) is 6.12. The van der Waals surface area contributed by atoms with Gasteiger partial charge in [0.05, 0.1) is 10.6 Å². The molecule has 4 nitrogen and oxygen atoms in total. The number of rotatable bonds is 2. The number of phenolic OH excluding ortho intramolecular Hbond substituents is 1. The van der Waals surface area contributed by atoms with E-state index in [-0.39, 0.29) is 11.6 Å². The fraction of sp³-hybridized carbons (Fsp3) is 0.118. The third-order valence-electron chi connectivity index (χ3n) is 3.55. The van der Waals surface area contributed by atoms with Gasteiger partial charge in [-0.2, -0.15) is 0 Å². The average molecular weight is 330 g/mol. The topological polar surface area (TPSA) is 61.4 Å². The number of thioether (sulfide) groups is 1. The standard InChI is InChI=1S/C17H15FN2O2S/c1-10-12(18)5-2-6-13(10)19-17(22)20-14-8-7-11-4-3-9-23-16(11)15(14)21/h2-8,21H,9H2,1H3,(H2,19,20,22). The number of carbonyl (C=O) groups is 1. The Kier molecular flexibility index (Phi) is 4.25. The van der Waals surface area contributed by atoms with Crippen molar-refractivity contribution >= 4 is 35.2 Å². The Hall–Kier alpha value is -2.47. The summed E-state index contributed by atoms with van der Waals surface area (Å²) < 4.78 is 13.5. The lowest BCUT2D eigenvalue weighted by Crippen LogP contribution is -2.20. The second-order valence-electron chi connectivity index (χ2n) is 5.08. The van der Waals surface area contributed by atoms with E-state index in [1.54, 1.807) is 19.1 Å². The molecule has 0 aliphatic carbocycles. The molecule has 2 aromatic carbocycles. The zero-order valence-electron chi connectivity index (χ0n) is 12.4. The van der Waals surface area contributed by atoms with Gasteiger partial charge in [-0.1, -0.05) is 24.3 Å². The fourth-order valence-corrected chi connectivity index (χ4v) is 3.20. The first-order valence-corrected chi connectivity index (χ1v) is 8.03. The first-order valence-electron chi connectivity index (χ1n) is 7.04. The molecular formula is C17H15FN2O2S. The summed E-state index contributed by atoms with van der Waals surface area (Å²) in [6.07, 6.45) is 3.95. The van der Waals surface area contributed by atoms with Crippen molar-refractivity contribution < 1.29 is 14.3 Å². The van der Waals surface area contributed by atoms with Crippen LogP contribution in [0.4, 0.5) is 20.6 Å². The molecular weight excluding hydrogens is 315 g/mol. The number of urea groups is 1. The van der Waals surface area contributed by atoms with Crippen LogP contribution in [0.2, 0.25) is 0 Å². The van der Waals surface area contributed by atoms with Gasteiger partial charge in [-0.15, -0.1) is 11.8 Å². The number of halogens is 1. The number of fused-ring (bicyclic) bond motifs is 1. The smallest absolute Gasteiger partial charge is 0.323 e. The van der Waals surface area contributed by atoms with Gasteiger partial charge in [-0.05, 0) is 30.7 Å². The minimum atomic E-state index is -0.537. The van der Waals surface area contributed by atoms with E-state index in [4.69, 9.17) is 0 Å². The van der Waals surface area contributed by atoms with Crippen molar-refractivity contribution in [3.05, 3.63) is 53.4 Å². The Labute approximate surface area is 137 Å². The summed E-state index contributed by atoms with van der Waals surface area (Å²) in [6, 6.07) is 7.41. The van der Waals surface area contributed by atoms with Crippen LogP contribution in [-0.4, -0.2) is 16.9 Å². The second kappa shape index (κ2) is 6.34. The van der Waals surface area contributed by atoms with E-state index in [1.807, 2.05) is 18.2 Å². The molecule has 0 saturated carbocycles. The predicted octanol–water partition coefficient (Wildman–Crippen LogP) is 4.60. The fourth-order valence-electron chi connectivity index (χ4n) is 2.30. The maximum Gasteiger partial charge on any atom is 0.323 e. The summed E-state index contributed by atoms with van der Waals surface area (Å²) in [5.41, 5.74) is 1.99. The molecule has 23 heavy (non-hydrogen) atoms. The highest BCUT2D eigenvalue weighted by molar-refractivity contribution is 7.99. The van der Waals surface area contributed by atoms with Crippen molar-refractivity contribution in [3.63, 3.8) is 0 Å². The Morgan fingerprint density at radius 1 is 1.22 bits per heavy atom. The van der Waals surface area contributed by atoms with Gasteiger partial charge in [-0.3, -0.25) is 0 Å². The molecule has 2 amide bonds. The number of aromatic hydroxyl groups is 1. The normalized spacial score (nSPS) is 12.6. The molecule has 0 radical (unpaired) electrons. The maximum absolute atomic E-state index is 13.5. The molecule has 6 heteroatoms. The quantitative estimate of drug-likeness (QED) is 0.705. The molecule has 0 saturated heterocycles. The van der Waals surface area contributed by atoms with Crippen LogP contribution >= 0.6 is 11.8 Å². The van der Waals surface area contributed by atoms with Gasteiger partial charge < -0.3 is 15.7 Å². The third-order valence-corrected chi connectivity index (χ3v) is 4.62. The van der Waals surface area contributed by atoms with Crippen LogP contribution in [0, 0.1) is 12.7 Å². The van der Waals surface area contributed by atoms with E-state index in [9.17, 15) is 14.3 Å². The first-order chi connectivity index (χ1) is 11.1. The number of hydrogen-bond donors (Lipinski definition) is 3. The van der Waals surface area contributed by atoms with Crippen molar-refractivity contribution in [2.45, 2.75) is 11.8 Å². The van der Waals surface area contributed by atoms with Gasteiger partial charge in [0.25, 0.3) is 0 Å². The van der Waals surface area contributed by atoms with E-state index in [0.29, 0.717) is 16.9 Å². The van der Waals surface area contributed by atoms with E-state index in [1.165, 1.54) is 23.9 Å². The van der Waals surface area contributed by atoms with Gasteiger partial charge in [0.15, 0.2) is 5.75 Å². The molecule has 3 rings (SSSR count). The van der Waals surface area contributed by atoms with Crippen molar-refractivity contribution in [1.82, 2.24) is 0 Å². The lowest BCUT2D eigenvalue weighted by molar-refractivity contribution is 0.262. The van der Waals surface area contributed by atoms with Crippen LogP contribution < -0.4 is 10.6 Å². The van der Waals surface area contributed by atoms with Gasteiger partial charge in [0, 0.05) is 17.0 Å². The number of phenols is 1. The summed E-state index contributed by atoms with van der Waals surface area (Å²) in [7, 11) is 0. The molecule has 0 unspecified atom stereocenters. The Balaban J connectivity index is 1.78. The number of carbonyl (C=O) groups excluding carboxylic acids is 1. The van der Waals surface area contributed by atoms with Gasteiger partial charge in [0.1, 0.15) is 5.82 Å². The van der Waals surface area contributed by atoms with E-state index < -0.39 is 6.03 Å². The van der Waals surface area contributed by atoms with Crippen LogP contribution in [0.25, 0.3) is 6.08 Å². The van der Waals surface area contributed by atoms with E-state index in [0.717, 1.165) is 16.2 Å². The Morgan fingerprint density at radius 2 is 2.00 bits per heavy atom. The number of amides is 2. The number of anilines is 2. The summed E-state index contributed by atoms with van der Waals surface area (Å²) in [5, 5.41) is 15.5. The van der Waals surface area contributed by atoms with Gasteiger partial charge in [-0.25, -0.2) is 9.18 Å². The van der Waals surface area contributed by atoms with Gasteiger partial charge in [0.2, 0.25) is 0 Å². The molecule has 1 heterocycles. The van der Waals surface area contributed by atoms with Crippen LogP contribution in [-0.2, 0) is 0 Å². The molecule has 0 spiro atoms. The zero-order chi connectivity index (χ0) is 16.4. The summed E-state index contributed by atoms with van der Waals surface area (Å²) in [4.78, 5) is 12.8. The molecule has 0 bridgehead atoms. The molecule has 118 valence electrons. The van der Waals surface area contributed by atoms with Crippen LogP contribution in [0.5, 0.6) is 5.75 Å². The van der Waals surface area contributed by atoms with Gasteiger partial charge >= 0.3 is 6.03 Å². The zero-order valence-corrected chi connectivity index (χ0v) is 13.2. The predicted molar refractivity (Wildman–Crippen MR) is 91.6 cm³/mol. The molecule has 1 aliphatic heterocycles. The highest BCUT2D eigenvalue weighted by Crippen LogP contribution is 2.40. The van der Waals surface area contributed by atoms with Crippen molar-refractivity contribution in [2.24, 2.45) is 0 Å². The number of benzene rings is 2. The maximum atomic E-state index is 13.5. The highest BCUT2D eigenvalue weighted by Gasteiger charge is 2.16. The first kappa shape index (κ1) is 15.4. The summed E-state index contributed by atoms with van der Waals surface area (Å²) in [5.74, 6) is 0.434. The van der Waals surface area contributed by atoms with Crippen molar-refractivity contribution in [1.29, 1.82) is 0 Å². The average Bonchev–Trinajstić information content (AvgIpc) is 2.55. The molecule has 0 fully saturated rings. The number of nitrogens with one attached hydrogen (secondary N) is 2.